The molecule has 0 aliphatic rings. The maximum atomic E-state index is 12.0. The van der Waals surface area contributed by atoms with Crippen LogP contribution in [0.25, 0.3) is 0 Å². The molecule has 0 aromatic heterocycles. The molecule has 0 radical (unpaired) electrons. The van der Waals surface area contributed by atoms with E-state index in [4.69, 9.17) is 32.7 Å². The average Bonchev–Trinajstić information content (AvgIpc) is 2.73. The van der Waals surface area contributed by atoms with Crippen LogP contribution in [-0.4, -0.2) is 31.2 Å². The number of nitrogens with one attached hydrogen (secondary N) is 2. The average molecular weight is 545 g/mol. The molecule has 10 heteroatoms. The largest absolute Gasteiger partial charge is 0.490 e. The van der Waals surface area contributed by atoms with E-state index in [9.17, 15) is 9.59 Å². The summed E-state index contributed by atoms with van der Waals surface area (Å²) in [6.45, 7) is 5.03. The molecule has 32 heavy (non-hydrogen) atoms. The zero-order valence-electron chi connectivity index (χ0n) is 17.7. The molecule has 0 atom stereocenters. The highest BCUT2D eigenvalue weighted by molar-refractivity contribution is 9.10. The van der Waals surface area contributed by atoms with Gasteiger partial charge in [0.2, 0.25) is 11.8 Å². The second-order valence-electron chi connectivity index (χ2n) is 6.61. The number of carbonyl (C=O) groups excluding carboxylic acids is 2. The Kier molecular flexibility index (Phi) is 10.8. The third kappa shape index (κ3) is 8.33. The maximum absolute atomic E-state index is 12.0. The van der Waals surface area contributed by atoms with Crippen LogP contribution >= 0.6 is 39.1 Å². The van der Waals surface area contributed by atoms with Gasteiger partial charge in [0.1, 0.15) is 6.42 Å². The molecule has 2 aromatic rings. The van der Waals surface area contributed by atoms with E-state index in [2.05, 4.69) is 38.7 Å². The Morgan fingerprint density at radius 3 is 2.56 bits per heavy atom. The van der Waals surface area contributed by atoms with E-state index in [-0.39, 0.29) is 0 Å². The lowest BCUT2D eigenvalue weighted by atomic mass is 10.2. The summed E-state index contributed by atoms with van der Waals surface area (Å²) < 4.78 is 12.2. The molecule has 0 aliphatic carbocycles. The van der Waals surface area contributed by atoms with Gasteiger partial charge in [-0.3, -0.25) is 9.59 Å². The number of carbonyl (C=O) groups is 2. The summed E-state index contributed by atoms with van der Waals surface area (Å²) in [5.74, 6) is 0.126. The van der Waals surface area contributed by atoms with Crippen molar-refractivity contribution in [2.45, 2.75) is 33.1 Å². The monoisotopic (exact) mass is 543 g/mol. The van der Waals surface area contributed by atoms with Crippen molar-refractivity contribution in [2.75, 3.05) is 18.5 Å². The van der Waals surface area contributed by atoms with Crippen LogP contribution in [0.2, 0.25) is 10.0 Å². The van der Waals surface area contributed by atoms with Gasteiger partial charge in [0.05, 0.1) is 33.9 Å². The summed E-state index contributed by atoms with van der Waals surface area (Å²) in [4.78, 5) is 24.0. The highest BCUT2D eigenvalue weighted by atomic mass is 79.9. The fraction of sp³-hybridized carbons (Fsp3) is 0.318. The first kappa shape index (κ1) is 26.0. The summed E-state index contributed by atoms with van der Waals surface area (Å²) in [5, 5.41) is 7.16. The number of halogens is 3. The number of anilines is 1. The van der Waals surface area contributed by atoms with E-state index in [1.54, 1.807) is 24.3 Å². The Morgan fingerprint density at radius 1 is 1.09 bits per heavy atom. The number of hydrazone groups is 1. The summed E-state index contributed by atoms with van der Waals surface area (Å²) in [6, 6.07) is 8.21. The highest BCUT2D eigenvalue weighted by Crippen LogP contribution is 2.36. The van der Waals surface area contributed by atoms with Crippen LogP contribution in [0.1, 0.15) is 38.7 Å². The molecule has 0 bridgehead atoms. The van der Waals surface area contributed by atoms with Crippen molar-refractivity contribution in [1.82, 2.24) is 5.43 Å². The zero-order chi connectivity index (χ0) is 23.5. The van der Waals surface area contributed by atoms with Crippen LogP contribution in [0.3, 0.4) is 0 Å². The first-order valence-electron chi connectivity index (χ1n) is 10.00. The highest BCUT2D eigenvalue weighted by Gasteiger charge is 2.13. The van der Waals surface area contributed by atoms with Crippen LogP contribution in [0.4, 0.5) is 5.69 Å². The first-order chi connectivity index (χ1) is 15.3. The van der Waals surface area contributed by atoms with Gasteiger partial charge in [-0.05, 0) is 65.2 Å². The summed E-state index contributed by atoms with van der Waals surface area (Å²) in [5.41, 5.74) is 3.45. The molecular weight excluding hydrogens is 521 g/mol. The molecule has 2 aromatic carbocycles. The van der Waals surface area contributed by atoms with E-state index < -0.39 is 18.2 Å². The van der Waals surface area contributed by atoms with Crippen LogP contribution < -0.4 is 20.2 Å². The molecule has 0 saturated heterocycles. The molecular formula is C22H24BrCl2N3O4. The zero-order valence-corrected chi connectivity index (χ0v) is 20.8. The second-order valence-corrected chi connectivity index (χ2v) is 8.28. The second kappa shape index (κ2) is 13.3. The van der Waals surface area contributed by atoms with Crippen molar-refractivity contribution in [3.63, 3.8) is 0 Å². The van der Waals surface area contributed by atoms with Gasteiger partial charge in [0, 0.05) is 5.69 Å². The normalized spacial score (nSPS) is 10.8. The van der Waals surface area contributed by atoms with E-state index in [0.29, 0.717) is 50.5 Å². The molecule has 7 nitrogen and oxygen atoms in total. The molecule has 2 rings (SSSR count). The Morgan fingerprint density at radius 2 is 1.88 bits per heavy atom. The molecule has 0 aliphatic heterocycles. The lowest BCUT2D eigenvalue weighted by molar-refractivity contribution is -0.126. The summed E-state index contributed by atoms with van der Waals surface area (Å²) in [7, 11) is 0. The number of hydrogen-bond donors (Lipinski definition) is 2. The Labute approximate surface area is 205 Å². The van der Waals surface area contributed by atoms with Gasteiger partial charge in [0.25, 0.3) is 0 Å². The molecule has 172 valence electrons. The van der Waals surface area contributed by atoms with Gasteiger partial charge < -0.3 is 14.8 Å². The van der Waals surface area contributed by atoms with Gasteiger partial charge in [-0.25, -0.2) is 5.43 Å². The van der Waals surface area contributed by atoms with Crippen molar-refractivity contribution in [1.29, 1.82) is 0 Å². The van der Waals surface area contributed by atoms with Crippen LogP contribution in [0.15, 0.2) is 39.9 Å². The molecule has 0 saturated carbocycles. The third-order valence-electron chi connectivity index (χ3n) is 4.00. The number of rotatable bonds is 11. The fourth-order valence-corrected chi connectivity index (χ4v) is 3.40. The minimum absolute atomic E-state index is 0.304. The standard InChI is InChI=1S/C22H24BrCl2N3O4/c1-3-5-8-32-22-16(23)9-14(10-19(22)31-4-2)13-26-28-21(30)12-20(29)27-15-6-7-17(24)18(25)11-15/h6-7,9-11,13H,3-5,8,12H2,1-2H3,(H,27,29)(H,28,30). The van der Waals surface area contributed by atoms with Gasteiger partial charge in [-0.15, -0.1) is 0 Å². The van der Waals surface area contributed by atoms with E-state index in [0.717, 1.165) is 12.8 Å². The molecule has 0 unspecified atom stereocenters. The molecule has 0 spiro atoms. The third-order valence-corrected chi connectivity index (χ3v) is 5.33. The van der Waals surface area contributed by atoms with E-state index in [1.165, 1.54) is 12.3 Å². The number of unbranched alkanes of at least 4 members (excludes halogenated alkanes) is 1. The quantitative estimate of drug-likeness (QED) is 0.162. The van der Waals surface area contributed by atoms with Crippen LogP contribution in [0, 0.1) is 0 Å². The minimum atomic E-state index is -0.567. The van der Waals surface area contributed by atoms with E-state index in [1.807, 2.05) is 6.92 Å². The Balaban J connectivity index is 1.94. The van der Waals surface area contributed by atoms with Gasteiger partial charge in [-0.1, -0.05) is 36.5 Å². The number of nitrogens with zero attached hydrogens (tertiary/aromatic N) is 1. The fourth-order valence-electron chi connectivity index (χ4n) is 2.53. The maximum Gasteiger partial charge on any atom is 0.249 e. The Hall–Kier alpha value is -2.29. The predicted molar refractivity (Wildman–Crippen MR) is 131 cm³/mol. The number of hydrogen-bond acceptors (Lipinski definition) is 5. The SMILES string of the molecule is CCCCOc1c(Br)cc(C=NNC(=O)CC(=O)Nc2ccc(Cl)c(Cl)c2)cc1OCC. The van der Waals surface area contributed by atoms with Crippen molar-refractivity contribution in [2.24, 2.45) is 5.10 Å². The number of ether oxygens (including phenoxy) is 2. The lowest BCUT2D eigenvalue weighted by Gasteiger charge is -2.14. The van der Waals surface area contributed by atoms with Crippen molar-refractivity contribution in [3.05, 3.63) is 50.4 Å². The minimum Gasteiger partial charge on any atom is -0.490 e. The van der Waals surface area contributed by atoms with Gasteiger partial charge in [0.15, 0.2) is 11.5 Å². The topological polar surface area (TPSA) is 89.0 Å². The molecule has 2 N–H and O–H groups in total. The van der Waals surface area contributed by atoms with Gasteiger partial charge in [-0.2, -0.15) is 5.10 Å². The van der Waals surface area contributed by atoms with Crippen molar-refractivity contribution < 1.29 is 19.1 Å². The first-order valence-corrected chi connectivity index (χ1v) is 11.5. The van der Waals surface area contributed by atoms with Crippen molar-refractivity contribution >= 4 is 62.8 Å². The molecule has 2 amide bonds. The van der Waals surface area contributed by atoms with E-state index >= 15 is 0 Å². The summed E-state index contributed by atoms with van der Waals surface area (Å²) >= 11 is 15.2. The molecule has 0 heterocycles. The predicted octanol–water partition coefficient (Wildman–Crippen LogP) is 5.81. The lowest BCUT2D eigenvalue weighted by Crippen LogP contribution is -2.24. The van der Waals surface area contributed by atoms with Crippen molar-refractivity contribution in [3.8, 4) is 11.5 Å². The smallest absolute Gasteiger partial charge is 0.249 e. The van der Waals surface area contributed by atoms with Gasteiger partial charge >= 0.3 is 0 Å². The molecule has 0 fully saturated rings. The number of benzene rings is 2. The number of amides is 2. The van der Waals surface area contributed by atoms with Crippen LogP contribution in [-0.2, 0) is 9.59 Å². The summed E-state index contributed by atoms with van der Waals surface area (Å²) in [6.07, 6.45) is 3.01. The van der Waals surface area contributed by atoms with Crippen LogP contribution in [0.5, 0.6) is 11.5 Å². The Bertz CT molecular complexity index is 986.